The van der Waals surface area contributed by atoms with E-state index in [1.54, 1.807) is 0 Å². The van der Waals surface area contributed by atoms with Gasteiger partial charge in [0.2, 0.25) is 0 Å². The molecule has 0 aliphatic rings. The summed E-state index contributed by atoms with van der Waals surface area (Å²) in [5, 5.41) is 2.56. The maximum atomic E-state index is 12.4. The van der Waals surface area contributed by atoms with Crippen LogP contribution >= 0.6 is 12.4 Å². The number of nitrogens with one attached hydrogen (secondary N) is 1. The van der Waals surface area contributed by atoms with E-state index in [2.05, 4.69) is 5.32 Å². The summed E-state index contributed by atoms with van der Waals surface area (Å²) in [6.07, 6.45) is -0.593. The number of rotatable bonds is 11. The van der Waals surface area contributed by atoms with E-state index in [1.807, 2.05) is 60.7 Å². The number of amides is 1. The van der Waals surface area contributed by atoms with E-state index in [9.17, 15) is 9.59 Å². The van der Waals surface area contributed by atoms with Crippen LogP contribution in [0.2, 0.25) is 0 Å². The summed E-state index contributed by atoms with van der Waals surface area (Å²) in [5.74, 6) is -1.01. The number of hydrogen-bond donors (Lipinski definition) is 2. The first kappa shape index (κ1) is 24.6. The minimum Gasteiger partial charge on any atom is -0.459 e. The smallest absolute Gasteiger partial charge is 0.332 e. The van der Waals surface area contributed by atoms with E-state index < -0.39 is 24.0 Å². The van der Waals surface area contributed by atoms with Crippen molar-refractivity contribution in [3.8, 4) is 0 Å². The monoisotopic (exact) mass is 422 g/mol. The number of carbonyl (C=O) groups is 2. The fourth-order valence-electron chi connectivity index (χ4n) is 2.57. The molecule has 0 bridgehead atoms. The highest BCUT2D eigenvalue weighted by atomic mass is 35.5. The Labute approximate surface area is 176 Å². The predicted molar refractivity (Wildman–Crippen MR) is 111 cm³/mol. The second-order valence-corrected chi connectivity index (χ2v) is 6.21. The third-order valence-electron chi connectivity index (χ3n) is 3.98. The highest BCUT2D eigenvalue weighted by Gasteiger charge is 2.27. The Morgan fingerprint density at radius 3 is 2.17 bits per heavy atom. The largest absolute Gasteiger partial charge is 0.459 e. The van der Waals surface area contributed by atoms with Crippen molar-refractivity contribution < 1.29 is 23.8 Å². The Morgan fingerprint density at radius 2 is 1.59 bits per heavy atom. The van der Waals surface area contributed by atoms with Gasteiger partial charge in [0.05, 0.1) is 0 Å². The van der Waals surface area contributed by atoms with Crippen LogP contribution in [0.15, 0.2) is 60.7 Å². The fraction of sp³-hybridized carbons (Fsp3) is 0.333. The summed E-state index contributed by atoms with van der Waals surface area (Å²) in [7, 11) is 1.46. The van der Waals surface area contributed by atoms with Gasteiger partial charge in [-0.25, -0.2) is 4.79 Å². The molecule has 0 saturated heterocycles. The molecular formula is C21H27ClN2O5. The predicted octanol–water partition coefficient (Wildman–Crippen LogP) is 1.83. The number of ether oxygens (including phenoxy) is 3. The minimum absolute atomic E-state index is 0. The van der Waals surface area contributed by atoms with Crippen LogP contribution in [0.1, 0.15) is 11.1 Å². The minimum atomic E-state index is -1.01. The SMILES string of the molecule is COCNC(=O)C(OCC(=O)OCc1ccccc1)C(N)Cc1ccccc1.Cl. The van der Waals surface area contributed by atoms with Crippen molar-refractivity contribution >= 4 is 24.3 Å². The lowest BCUT2D eigenvalue weighted by Gasteiger charge is -2.23. The van der Waals surface area contributed by atoms with Crippen molar-refractivity contribution in [1.29, 1.82) is 0 Å². The maximum absolute atomic E-state index is 12.4. The Bertz CT molecular complexity index is 730. The lowest BCUT2D eigenvalue weighted by atomic mass is 10.0. The molecule has 7 nitrogen and oxygen atoms in total. The average molecular weight is 423 g/mol. The molecular weight excluding hydrogens is 396 g/mol. The van der Waals surface area contributed by atoms with Gasteiger partial charge in [0, 0.05) is 13.2 Å². The third kappa shape index (κ3) is 9.06. The number of methoxy groups -OCH3 is 1. The van der Waals surface area contributed by atoms with E-state index in [1.165, 1.54) is 7.11 Å². The van der Waals surface area contributed by atoms with Crippen LogP contribution in [0, 0.1) is 0 Å². The van der Waals surface area contributed by atoms with Crippen molar-refractivity contribution in [2.75, 3.05) is 20.4 Å². The van der Waals surface area contributed by atoms with Crippen molar-refractivity contribution in [2.45, 2.75) is 25.2 Å². The standard InChI is InChI=1S/C21H26N2O5.ClH/c1-26-15-23-21(25)20(18(22)12-16-8-4-2-5-9-16)28-14-19(24)27-13-17-10-6-3-7-11-17;/h2-11,18,20H,12-15,22H2,1H3,(H,23,25);1H. The van der Waals surface area contributed by atoms with Crippen LogP contribution in [0.3, 0.4) is 0 Å². The van der Waals surface area contributed by atoms with Gasteiger partial charge in [0.15, 0.2) is 6.10 Å². The van der Waals surface area contributed by atoms with Crippen LogP contribution in [0.4, 0.5) is 0 Å². The van der Waals surface area contributed by atoms with E-state index in [4.69, 9.17) is 19.9 Å². The Morgan fingerprint density at radius 1 is 1.00 bits per heavy atom. The first-order chi connectivity index (χ1) is 13.6. The zero-order chi connectivity index (χ0) is 20.2. The van der Waals surface area contributed by atoms with Crippen molar-refractivity contribution in [3.05, 3.63) is 71.8 Å². The topological polar surface area (TPSA) is 99.9 Å². The Kier molecular flexibility index (Phi) is 11.6. The lowest BCUT2D eigenvalue weighted by molar-refractivity contribution is -0.155. The zero-order valence-electron chi connectivity index (χ0n) is 16.3. The number of esters is 1. The summed E-state index contributed by atoms with van der Waals surface area (Å²) in [4.78, 5) is 24.4. The van der Waals surface area contributed by atoms with Gasteiger partial charge in [-0.2, -0.15) is 0 Å². The van der Waals surface area contributed by atoms with E-state index >= 15 is 0 Å². The molecule has 158 valence electrons. The van der Waals surface area contributed by atoms with E-state index in [0.29, 0.717) is 6.42 Å². The molecule has 0 fully saturated rings. The van der Waals surface area contributed by atoms with Crippen LogP contribution < -0.4 is 11.1 Å². The summed E-state index contributed by atoms with van der Waals surface area (Å²) in [6, 6.07) is 18.2. The van der Waals surface area contributed by atoms with Gasteiger partial charge < -0.3 is 25.3 Å². The average Bonchev–Trinajstić information content (AvgIpc) is 2.72. The second kappa shape index (κ2) is 13.7. The fourth-order valence-corrected chi connectivity index (χ4v) is 2.57. The maximum Gasteiger partial charge on any atom is 0.332 e. The highest BCUT2D eigenvalue weighted by molar-refractivity contribution is 5.85. The molecule has 0 aliphatic carbocycles. The summed E-state index contributed by atoms with van der Waals surface area (Å²) in [5.41, 5.74) is 8.03. The molecule has 2 aromatic rings. The lowest BCUT2D eigenvalue weighted by Crippen LogP contribution is -2.50. The van der Waals surface area contributed by atoms with Gasteiger partial charge in [-0.3, -0.25) is 4.79 Å². The van der Waals surface area contributed by atoms with Gasteiger partial charge in [-0.05, 0) is 17.5 Å². The molecule has 0 aliphatic heterocycles. The quantitative estimate of drug-likeness (QED) is 0.423. The Hall–Kier alpha value is -2.45. The Balaban J connectivity index is 0.00000420. The molecule has 2 aromatic carbocycles. The van der Waals surface area contributed by atoms with Crippen molar-refractivity contribution in [3.63, 3.8) is 0 Å². The second-order valence-electron chi connectivity index (χ2n) is 6.21. The zero-order valence-corrected chi connectivity index (χ0v) is 17.1. The number of nitrogens with two attached hydrogens (primary N) is 1. The number of benzene rings is 2. The van der Waals surface area contributed by atoms with E-state index in [0.717, 1.165) is 11.1 Å². The molecule has 29 heavy (non-hydrogen) atoms. The van der Waals surface area contributed by atoms with Crippen LogP contribution in [-0.2, 0) is 36.8 Å². The van der Waals surface area contributed by atoms with Crippen molar-refractivity contribution in [2.24, 2.45) is 5.73 Å². The number of hydrogen-bond acceptors (Lipinski definition) is 6. The molecule has 8 heteroatoms. The highest BCUT2D eigenvalue weighted by Crippen LogP contribution is 2.08. The van der Waals surface area contributed by atoms with Crippen molar-refractivity contribution in [1.82, 2.24) is 5.32 Å². The number of carbonyl (C=O) groups excluding carboxylic acids is 2. The first-order valence-electron chi connectivity index (χ1n) is 8.97. The summed E-state index contributed by atoms with van der Waals surface area (Å²) >= 11 is 0. The van der Waals surface area contributed by atoms with Crippen LogP contribution in [0.5, 0.6) is 0 Å². The van der Waals surface area contributed by atoms with Gasteiger partial charge in [0.1, 0.15) is 19.9 Å². The molecule has 0 spiro atoms. The molecule has 0 saturated carbocycles. The van der Waals surface area contributed by atoms with Crippen LogP contribution in [-0.4, -0.2) is 44.5 Å². The van der Waals surface area contributed by atoms with Gasteiger partial charge in [-0.15, -0.1) is 12.4 Å². The van der Waals surface area contributed by atoms with Crippen LogP contribution in [0.25, 0.3) is 0 Å². The van der Waals surface area contributed by atoms with Gasteiger partial charge in [0.25, 0.3) is 5.91 Å². The molecule has 0 heterocycles. The molecule has 2 unspecified atom stereocenters. The molecule has 0 radical (unpaired) electrons. The molecule has 0 aromatic heterocycles. The third-order valence-corrected chi connectivity index (χ3v) is 3.98. The van der Waals surface area contributed by atoms with Gasteiger partial charge in [-0.1, -0.05) is 60.7 Å². The summed E-state index contributed by atoms with van der Waals surface area (Å²) < 4.78 is 15.5. The molecule has 3 N–H and O–H groups in total. The molecule has 1 amide bonds. The van der Waals surface area contributed by atoms with E-state index in [-0.39, 0.29) is 32.4 Å². The summed E-state index contributed by atoms with van der Waals surface area (Å²) in [6.45, 7) is -0.213. The normalized spacial score (nSPS) is 12.3. The molecule has 2 atom stereocenters. The van der Waals surface area contributed by atoms with Gasteiger partial charge >= 0.3 is 5.97 Å². The number of halogens is 1. The first-order valence-corrected chi connectivity index (χ1v) is 8.97. The molecule has 2 rings (SSSR count).